The molecular weight excluding hydrogens is 404 g/mol. The van der Waals surface area contributed by atoms with Gasteiger partial charge in [-0.25, -0.2) is 0 Å². The Hall–Kier alpha value is -2.41. The van der Waals surface area contributed by atoms with E-state index in [1.165, 1.54) is 6.42 Å². The molecule has 3 aliphatic rings. The Bertz CT molecular complexity index is 951. The molecule has 2 aromatic heterocycles. The van der Waals surface area contributed by atoms with Crippen molar-refractivity contribution in [1.82, 2.24) is 19.4 Å². The lowest BCUT2D eigenvalue weighted by Crippen LogP contribution is -2.41. The summed E-state index contributed by atoms with van der Waals surface area (Å²) in [5.41, 5.74) is 2.50. The number of hydrogen-bond acceptors (Lipinski definition) is 4. The molecule has 7 nitrogen and oxygen atoms in total. The van der Waals surface area contributed by atoms with Crippen molar-refractivity contribution in [2.24, 2.45) is 11.8 Å². The molecule has 0 bridgehead atoms. The number of piperidine rings is 1. The van der Waals surface area contributed by atoms with Crippen LogP contribution in [0.15, 0.2) is 24.5 Å². The average molecular weight is 439 g/mol. The predicted octanol–water partition coefficient (Wildman–Crippen LogP) is 3.33. The van der Waals surface area contributed by atoms with Crippen LogP contribution in [0.1, 0.15) is 55.3 Å². The zero-order chi connectivity index (χ0) is 21.9. The van der Waals surface area contributed by atoms with E-state index in [2.05, 4.69) is 20.5 Å². The van der Waals surface area contributed by atoms with Crippen molar-refractivity contribution in [3.8, 4) is 0 Å². The minimum Gasteiger partial charge on any atom is -0.378 e. The molecule has 1 aliphatic carbocycles. The van der Waals surface area contributed by atoms with Gasteiger partial charge in [0.05, 0.1) is 24.3 Å². The summed E-state index contributed by atoms with van der Waals surface area (Å²) in [6.45, 7) is 5.22. The number of hydrogen-bond donors (Lipinski definition) is 0. The molecule has 0 atom stereocenters. The van der Waals surface area contributed by atoms with E-state index in [1.54, 1.807) is 6.20 Å². The van der Waals surface area contributed by atoms with Crippen LogP contribution in [0.5, 0.6) is 0 Å². The summed E-state index contributed by atoms with van der Waals surface area (Å²) in [6.07, 6.45) is 11.4. The van der Waals surface area contributed by atoms with Gasteiger partial charge in [0.25, 0.3) is 5.91 Å². The van der Waals surface area contributed by atoms with Crippen LogP contribution >= 0.6 is 0 Å². The molecule has 0 N–H and O–H groups in total. The first-order valence-electron chi connectivity index (χ1n) is 12.3. The van der Waals surface area contributed by atoms with Gasteiger partial charge in [0.15, 0.2) is 0 Å². The predicted molar refractivity (Wildman–Crippen MR) is 122 cm³/mol. The van der Waals surface area contributed by atoms with Crippen LogP contribution in [0, 0.1) is 11.8 Å². The highest BCUT2D eigenvalue weighted by Gasteiger charge is 2.31. The zero-order valence-corrected chi connectivity index (χ0v) is 18.9. The molecule has 0 unspecified atom stereocenters. The quantitative estimate of drug-likeness (QED) is 0.734. The van der Waals surface area contributed by atoms with Gasteiger partial charge >= 0.3 is 0 Å². The average Bonchev–Trinajstić information content (AvgIpc) is 3.23. The number of pyridine rings is 1. The molecule has 0 radical (unpaired) electrons. The number of aromatic nitrogens is 2. The summed E-state index contributed by atoms with van der Waals surface area (Å²) in [5, 5.41) is 0. The minimum atomic E-state index is 0.0478. The molecule has 2 aliphatic heterocycles. The summed E-state index contributed by atoms with van der Waals surface area (Å²) in [6, 6.07) is 4.00. The van der Waals surface area contributed by atoms with Crippen LogP contribution < -0.4 is 0 Å². The van der Waals surface area contributed by atoms with Crippen molar-refractivity contribution < 1.29 is 14.3 Å². The Kier molecular flexibility index (Phi) is 6.44. The van der Waals surface area contributed by atoms with Gasteiger partial charge in [-0.15, -0.1) is 0 Å². The Morgan fingerprint density at radius 2 is 1.72 bits per heavy atom. The van der Waals surface area contributed by atoms with E-state index in [9.17, 15) is 9.59 Å². The summed E-state index contributed by atoms with van der Waals surface area (Å²) < 4.78 is 7.62. The summed E-state index contributed by atoms with van der Waals surface area (Å²) in [4.78, 5) is 34.6. The van der Waals surface area contributed by atoms with Crippen LogP contribution in [-0.2, 0) is 16.1 Å². The first-order valence-corrected chi connectivity index (χ1v) is 12.3. The molecule has 2 amide bonds. The largest absolute Gasteiger partial charge is 0.378 e. The smallest absolute Gasteiger partial charge is 0.257 e. The molecule has 4 heterocycles. The van der Waals surface area contributed by atoms with Crippen LogP contribution in [0.4, 0.5) is 0 Å². The number of amides is 2. The van der Waals surface area contributed by atoms with E-state index in [-0.39, 0.29) is 11.8 Å². The second-order valence-corrected chi connectivity index (χ2v) is 9.57. The number of likely N-dealkylation sites (tertiary alicyclic amines) is 1. The second kappa shape index (κ2) is 9.61. The number of carbonyl (C=O) groups is 2. The van der Waals surface area contributed by atoms with E-state index in [1.807, 2.05) is 17.2 Å². The van der Waals surface area contributed by atoms with Crippen molar-refractivity contribution in [3.63, 3.8) is 0 Å². The normalized spacial score (nSPS) is 24.6. The third-order valence-electron chi connectivity index (χ3n) is 7.48. The topological polar surface area (TPSA) is 67.7 Å². The van der Waals surface area contributed by atoms with Gasteiger partial charge in [0.1, 0.15) is 5.52 Å². The standard InChI is InChI=1S/C25H34N4O3/c30-24(27-11-2-1-3-12-27)20-8-6-19(7-9-20)17-29-18-21(23-22(29)5-4-10-26-23)25(31)28-13-15-32-16-14-28/h4-5,10,18-20H,1-3,6-9,11-17H2. The molecule has 32 heavy (non-hydrogen) atoms. The molecule has 1 saturated carbocycles. The Balaban J connectivity index is 1.26. The van der Waals surface area contributed by atoms with Crippen molar-refractivity contribution in [1.29, 1.82) is 0 Å². The zero-order valence-electron chi connectivity index (χ0n) is 18.9. The monoisotopic (exact) mass is 438 g/mol. The van der Waals surface area contributed by atoms with Gasteiger partial charge in [-0.2, -0.15) is 0 Å². The Morgan fingerprint density at radius 3 is 2.47 bits per heavy atom. The maximum atomic E-state index is 13.2. The maximum Gasteiger partial charge on any atom is 0.257 e. The van der Waals surface area contributed by atoms with E-state index < -0.39 is 0 Å². The summed E-state index contributed by atoms with van der Waals surface area (Å²) in [5.74, 6) is 1.16. The molecular formula is C25H34N4O3. The first kappa shape index (κ1) is 21.4. The highest BCUT2D eigenvalue weighted by atomic mass is 16.5. The lowest BCUT2D eigenvalue weighted by Gasteiger charge is -2.34. The Labute approximate surface area is 189 Å². The number of carbonyl (C=O) groups excluding carboxylic acids is 2. The fourth-order valence-electron chi connectivity index (χ4n) is 5.61. The molecule has 5 rings (SSSR count). The number of rotatable bonds is 4. The number of fused-ring (bicyclic) bond motifs is 1. The van der Waals surface area contributed by atoms with Gasteiger partial charge in [-0.05, 0) is 63.0 Å². The van der Waals surface area contributed by atoms with Crippen molar-refractivity contribution in [2.45, 2.75) is 51.5 Å². The minimum absolute atomic E-state index is 0.0478. The lowest BCUT2D eigenvalue weighted by atomic mass is 9.81. The van der Waals surface area contributed by atoms with Gasteiger partial charge in [0, 0.05) is 51.0 Å². The van der Waals surface area contributed by atoms with Crippen LogP contribution in [0.25, 0.3) is 11.0 Å². The third kappa shape index (κ3) is 4.40. The van der Waals surface area contributed by atoms with Crippen LogP contribution in [0.2, 0.25) is 0 Å². The number of nitrogens with zero attached hydrogens (tertiary/aromatic N) is 4. The molecule has 0 aromatic carbocycles. The van der Waals surface area contributed by atoms with Crippen molar-refractivity contribution in [3.05, 3.63) is 30.1 Å². The second-order valence-electron chi connectivity index (χ2n) is 9.57. The third-order valence-corrected chi connectivity index (χ3v) is 7.48. The number of morpholine rings is 1. The molecule has 172 valence electrons. The first-order chi connectivity index (χ1) is 15.7. The maximum absolute atomic E-state index is 13.2. The summed E-state index contributed by atoms with van der Waals surface area (Å²) in [7, 11) is 0. The summed E-state index contributed by atoms with van der Waals surface area (Å²) >= 11 is 0. The highest BCUT2D eigenvalue weighted by molar-refractivity contribution is 6.05. The van der Waals surface area contributed by atoms with Gasteiger partial charge < -0.3 is 19.1 Å². The van der Waals surface area contributed by atoms with E-state index >= 15 is 0 Å². The van der Waals surface area contributed by atoms with Gasteiger partial charge in [0.2, 0.25) is 5.91 Å². The SMILES string of the molecule is O=C(c1cn(CC2CCC(C(=O)N3CCCCC3)CC2)c2cccnc12)N1CCOCC1. The van der Waals surface area contributed by atoms with Crippen LogP contribution in [-0.4, -0.2) is 70.6 Å². The van der Waals surface area contributed by atoms with Crippen molar-refractivity contribution in [2.75, 3.05) is 39.4 Å². The van der Waals surface area contributed by atoms with Gasteiger partial charge in [-0.1, -0.05) is 0 Å². The molecule has 2 aromatic rings. The molecule has 0 spiro atoms. The molecule has 7 heteroatoms. The molecule has 2 saturated heterocycles. The highest BCUT2D eigenvalue weighted by Crippen LogP contribution is 2.33. The van der Waals surface area contributed by atoms with E-state index in [0.29, 0.717) is 43.7 Å². The molecule has 3 fully saturated rings. The number of ether oxygens (including phenoxy) is 1. The lowest BCUT2D eigenvalue weighted by molar-refractivity contribution is -0.137. The van der Waals surface area contributed by atoms with Crippen LogP contribution in [0.3, 0.4) is 0 Å². The van der Waals surface area contributed by atoms with Crippen molar-refractivity contribution >= 4 is 22.8 Å². The fourth-order valence-corrected chi connectivity index (χ4v) is 5.61. The fraction of sp³-hybridized carbons (Fsp3) is 0.640. The van der Waals surface area contributed by atoms with E-state index in [4.69, 9.17) is 4.74 Å². The van der Waals surface area contributed by atoms with E-state index in [0.717, 1.165) is 69.2 Å². The Morgan fingerprint density at radius 1 is 0.969 bits per heavy atom. The van der Waals surface area contributed by atoms with Gasteiger partial charge in [-0.3, -0.25) is 14.6 Å².